The van der Waals surface area contributed by atoms with Crippen LogP contribution < -0.4 is 0 Å². The van der Waals surface area contributed by atoms with E-state index in [9.17, 15) is 4.79 Å². The fourth-order valence-electron chi connectivity index (χ4n) is 1.45. The average Bonchev–Trinajstić information content (AvgIpc) is 2.15. The van der Waals surface area contributed by atoms with E-state index in [1.54, 1.807) is 7.11 Å². The van der Waals surface area contributed by atoms with Crippen LogP contribution in [0.5, 0.6) is 0 Å². The Bertz CT molecular complexity index is 182. The molecule has 68 valence electrons. The van der Waals surface area contributed by atoms with Crippen molar-refractivity contribution in [2.45, 2.75) is 32.1 Å². The van der Waals surface area contributed by atoms with Crippen molar-refractivity contribution in [3.8, 4) is 0 Å². The Kier molecular flexibility index (Phi) is 4.01. The summed E-state index contributed by atoms with van der Waals surface area (Å²) in [6, 6.07) is 0. The summed E-state index contributed by atoms with van der Waals surface area (Å²) in [5, 5.41) is 0. The molecule has 0 atom stereocenters. The molecule has 0 unspecified atom stereocenters. The molecule has 0 aromatic heterocycles. The van der Waals surface area contributed by atoms with E-state index in [4.69, 9.17) is 4.74 Å². The van der Waals surface area contributed by atoms with Gasteiger partial charge in [-0.05, 0) is 31.3 Å². The summed E-state index contributed by atoms with van der Waals surface area (Å²) >= 11 is 0. The van der Waals surface area contributed by atoms with Crippen LogP contribution in [0.25, 0.3) is 0 Å². The van der Waals surface area contributed by atoms with Gasteiger partial charge < -0.3 is 4.74 Å². The highest BCUT2D eigenvalue weighted by atomic mass is 16.5. The minimum atomic E-state index is 0.275. The Morgan fingerprint density at radius 1 is 1.58 bits per heavy atom. The first-order valence-corrected chi connectivity index (χ1v) is 4.56. The fraction of sp³-hybridized carbons (Fsp3) is 0.700. The molecule has 1 aliphatic carbocycles. The van der Waals surface area contributed by atoms with Crippen LogP contribution >= 0.6 is 0 Å². The first-order valence-electron chi connectivity index (χ1n) is 4.56. The molecule has 0 saturated carbocycles. The van der Waals surface area contributed by atoms with E-state index in [-0.39, 0.29) is 5.78 Å². The maximum Gasteiger partial charge on any atom is 0.160 e. The summed E-state index contributed by atoms with van der Waals surface area (Å²) in [5.41, 5.74) is 1.03. The summed E-state index contributed by atoms with van der Waals surface area (Å²) < 4.78 is 4.86. The van der Waals surface area contributed by atoms with Crippen LogP contribution in [-0.4, -0.2) is 19.5 Å². The lowest BCUT2D eigenvalue weighted by Gasteiger charge is -2.10. The molecule has 0 heterocycles. The zero-order valence-corrected chi connectivity index (χ0v) is 7.64. The number of carbonyl (C=O) groups is 1. The highest BCUT2D eigenvalue weighted by Gasteiger charge is 2.11. The lowest BCUT2D eigenvalue weighted by Crippen LogP contribution is -2.08. The molecule has 0 aromatic carbocycles. The molecule has 0 amide bonds. The Labute approximate surface area is 73.6 Å². The van der Waals surface area contributed by atoms with Gasteiger partial charge >= 0.3 is 0 Å². The predicted molar refractivity (Wildman–Crippen MR) is 48.1 cm³/mol. The summed E-state index contributed by atoms with van der Waals surface area (Å²) in [5.74, 6) is 0.275. The van der Waals surface area contributed by atoms with Crippen molar-refractivity contribution in [1.29, 1.82) is 0 Å². The van der Waals surface area contributed by atoms with E-state index in [0.717, 1.165) is 18.4 Å². The van der Waals surface area contributed by atoms with Crippen LogP contribution in [0.15, 0.2) is 11.6 Å². The molecule has 0 aliphatic heterocycles. The number of carbonyl (C=O) groups excluding carboxylic acids is 1. The average molecular weight is 168 g/mol. The lowest BCUT2D eigenvalue weighted by molar-refractivity contribution is -0.116. The van der Waals surface area contributed by atoms with Crippen LogP contribution in [0.3, 0.4) is 0 Å². The van der Waals surface area contributed by atoms with E-state index in [1.165, 1.54) is 12.8 Å². The summed E-state index contributed by atoms with van der Waals surface area (Å²) in [4.78, 5) is 11.4. The van der Waals surface area contributed by atoms with Crippen molar-refractivity contribution in [3.05, 3.63) is 11.6 Å². The van der Waals surface area contributed by atoms with Crippen molar-refractivity contribution in [2.75, 3.05) is 13.7 Å². The van der Waals surface area contributed by atoms with Crippen molar-refractivity contribution in [3.63, 3.8) is 0 Å². The smallest absolute Gasteiger partial charge is 0.160 e. The molecule has 12 heavy (non-hydrogen) atoms. The molecule has 2 heteroatoms. The van der Waals surface area contributed by atoms with Gasteiger partial charge in [0, 0.05) is 13.5 Å². The zero-order valence-electron chi connectivity index (χ0n) is 7.64. The zero-order chi connectivity index (χ0) is 8.81. The topological polar surface area (TPSA) is 26.3 Å². The van der Waals surface area contributed by atoms with E-state index >= 15 is 0 Å². The van der Waals surface area contributed by atoms with Crippen molar-refractivity contribution < 1.29 is 9.53 Å². The van der Waals surface area contributed by atoms with Gasteiger partial charge in [-0.25, -0.2) is 0 Å². The van der Waals surface area contributed by atoms with E-state index in [0.29, 0.717) is 13.0 Å². The van der Waals surface area contributed by atoms with Crippen LogP contribution in [0, 0.1) is 0 Å². The standard InChI is InChI=1S/C10H16O2/c1-12-8-7-10(11)9-5-3-2-4-6-9/h5H,2-4,6-8H2,1H3. The van der Waals surface area contributed by atoms with Gasteiger partial charge in [0.2, 0.25) is 0 Å². The van der Waals surface area contributed by atoms with Gasteiger partial charge in [0.05, 0.1) is 6.61 Å². The second kappa shape index (κ2) is 5.09. The summed E-state index contributed by atoms with van der Waals surface area (Å²) in [6.45, 7) is 0.552. The van der Waals surface area contributed by atoms with Gasteiger partial charge in [-0.2, -0.15) is 0 Å². The monoisotopic (exact) mass is 168 g/mol. The summed E-state index contributed by atoms with van der Waals surface area (Å²) in [6.07, 6.45) is 7.09. The third-order valence-electron chi connectivity index (χ3n) is 2.18. The van der Waals surface area contributed by atoms with E-state index in [2.05, 4.69) is 6.08 Å². The van der Waals surface area contributed by atoms with Crippen LogP contribution in [0.2, 0.25) is 0 Å². The molecule has 0 saturated heterocycles. The largest absolute Gasteiger partial charge is 0.384 e. The van der Waals surface area contributed by atoms with Gasteiger partial charge in [-0.3, -0.25) is 4.79 Å². The Morgan fingerprint density at radius 2 is 2.42 bits per heavy atom. The van der Waals surface area contributed by atoms with E-state index in [1.807, 2.05) is 0 Å². The normalized spacial score (nSPS) is 17.2. The quantitative estimate of drug-likeness (QED) is 0.642. The molecular weight excluding hydrogens is 152 g/mol. The molecule has 0 bridgehead atoms. The van der Waals surface area contributed by atoms with Crippen LogP contribution in [0.4, 0.5) is 0 Å². The highest BCUT2D eigenvalue weighted by molar-refractivity contribution is 5.95. The number of hydrogen-bond acceptors (Lipinski definition) is 2. The third-order valence-corrected chi connectivity index (χ3v) is 2.18. The number of ether oxygens (including phenoxy) is 1. The SMILES string of the molecule is COCCC(=O)C1=CCCCC1. The van der Waals surface area contributed by atoms with Gasteiger partial charge in [0.15, 0.2) is 5.78 Å². The number of ketones is 1. The Balaban J connectivity index is 2.35. The molecular formula is C10H16O2. The van der Waals surface area contributed by atoms with Crippen molar-refractivity contribution in [1.82, 2.24) is 0 Å². The minimum absolute atomic E-state index is 0.275. The number of allylic oxidation sites excluding steroid dienone is 2. The van der Waals surface area contributed by atoms with Gasteiger partial charge in [-0.1, -0.05) is 6.08 Å². The molecule has 0 radical (unpaired) electrons. The fourth-order valence-corrected chi connectivity index (χ4v) is 1.45. The molecule has 1 rings (SSSR count). The molecule has 1 aliphatic rings. The molecule has 0 N–H and O–H groups in total. The lowest BCUT2D eigenvalue weighted by atomic mass is 9.95. The van der Waals surface area contributed by atoms with Gasteiger partial charge in [-0.15, -0.1) is 0 Å². The van der Waals surface area contributed by atoms with Gasteiger partial charge in [0.25, 0.3) is 0 Å². The number of hydrogen-bond donors (Lipinski definition) is 0. The van der Waals surface area contributed by atoms with E-state index < -0.39 is 0 Å². The Morgan fingerprint density at radius 3 is 3.00 bits per heavy atom. The first kappa shape index (κ1) is 9.46. The molecule has 0 spiro atoms. The molecule has 2 nitrogen and oxygen atoms in total. The van der Waals surface area contributed by atoms with Crippen molar-refractivity contribution >= 4 is 5.78 Å². The number of Topliss-reactive ketones (excluding diaryl/α,β-unsaturated/α-hetero) is 1. The predicted octanol–water partition coefficient (Wildman–Crippen LogP) is 2.09. The maximum atomic E-state index is 11.4. The minimum Gasteiger partial charge on any atom is -0.384 e. The molecule has 0 aromatic rings. The van der Waals surface area contributed by atoms with Crippen LogP contribution in [-0.2, 0) is 9.53 Å². The number of methoxy groups -OCH3 is 1. The van der Waals surface area contributed by atoms with Crippen molar-refractivity contribution in [2.24, 2.45) is 0 Å². The second-order valence-electron chi connectivity index (χ2n) is 3.14. The number of rotatable bonds is 4. The highest BCUT2D eigenvalue weighted by Crippen LogP contribution is 2.18. The first-order chi connectivity index (χ1) is 5.84. The molecule has 0 fully saturated rings. The second-order valence-corrected chi connectivity index (χ2v) is 3.14. The summed E-state index contributed by atoms with van der Waals surface area (Å²) in [7, 11) is 1.63. The maximum absolute atomic E-state index is 11.4. The van der Waals surface area contributed by atoms with Gasteiger partial charge in [0.1, 0.15) is 0 Å². The third kappa shape index (κ3) is 2.78. The van der Waals surface area contributed by atoms with Crippen LogP contribution in [0.1, 0.15) is 32.1 Å². The Hall–Kier alpha value is -0.630.